The van der Waals surface area contributed by atoms with E-state index in [1.54, 1.807) is 35.6 Å². The molecule has 0 radical (unpaired) electrons. The third-order valence-electron chi connectivity index (χ3n) is 4.35. The molecule has 2 aromatic heterocycles. The van der Waals surface area contributed by atoms with Crippen LogP contribution in [0.15, 0.2) is 71.4 Å². The summed E-state index contributed by atoms with van der Waals surface area (Å²) in [4.78, 5) is 31.0. The van der Waals surface area contributed by atoms with Crippen molar-refractivity contribution in [2.24, 2.45) is 0 Å². The Hall–Kier alpha value is -3.29. The number of carbonyl (C=O) groups is 2. The molecule has 4 aromatic rings. The number of hydrogen-bond donors (Lipinski definition) is 2. The van der Waals surface area contributed by atoms with Crippen LogP contribution in [0, 0.1) is 6.92 Å². The summed E-state index contributed by atoms with van der Waals surface area (Å²) in [5, 5.41) is 10.5. The van der Waals surface area contributed by atoms with Gasteiger partial charge in [0.15, 0.2) is 0 Å². The fourth-order valence-electron chi connectivity index (χ4n) is 2.97. The summed E-state index contributed by atoms with van der Waals surface area (Å²) < 4.78 is 0. The highest BCUT2D eigenvalue weighted by Crippen LogP contribution is 2.28. The SMILES string of the molecule is Cc1cccc(NC(=O)c2ccccc2NC(=O)Cc2csc(-c3cccs3)n2)c1. The Morgan fingerprint density at radius 2 is 1.83 bits per heavy atom. The van der Waals surface area contributed by atoms with Gasteiger partial charge in [0.1, 0.15) is 5.01 Å². The molecule has 0 bridgehead atoms. The number of aryl methyl sites for hydroxylation is 1. The second-order valence-electron chi connectivity index (χ2n) is 6.72. The fraction of sp³-hybridized carbons (Fsp3) is 0.0870. The van der Waals surface area contributed by atoms with Gasteiger partial charge in [-0.3, -0.25) is 9.59 Å². The molecule has 7 heteroatoms. The minimum Gasteiger partial charge on any atom is -0.325 e. The van der Waals surface area contributed by atoms with Gasteiger partial charge in [0.05, 0.1) is 28.2 Å². The van der Waals surface area contributed by atoms with Gasteiger partial charge in [0.25, 0.3) is 5.91 Å². The van der Waals surface area contributed by atoms with Gasteiger partial charge >= 0.3 is 0 Å². The van der Waals surface area contributed by atoms with Crippen LogP contribution in [0.5, 0.6) is 0 Å². The van der Waals surface area contributed by atoms with E-state index in [2.05, 4.69) is 15.6 Å². The number of nitrogens with one attached hydrogen (secondary N) is 2. The van der Waals surface area contributed by atoms with Gasteiger partial charge in [-0.05, 0) is 48.2 Å². The number of thiazole rings is 1. The topological polar surface area (TPSA) is 71.1 Å². The van der Waals surface area contributed by atoms with E-state index in [1.807, 2.05) is 54.1 Å². The summed E-state index contributed by atoms with van der Waals surface area (Å²) in [7, 11) is 0. The van der Waals surface area contributed by atoms with Crippen molar-refractivity contribution >= 4 is 45.9 Å². The monoisotopic (exact) mass is 433 g/mol. The molecule has 2 N–H and O–H groups in total. The Balaban J connectivity index is 1.44. The first-order chi connectivity index (χ1) is 14.6. The lowest BCUT2D eigenvalue weighted by atomic mass is 10.1. The van der Waals surface area contributed by atoms with Crippen molar-refractivity contribution in [3.05, 3.63) is 88.2 Å². The molecule has 0 saturated carbocycles. The number of carbonyl (C=O) groups excluding carboxylic acids is 2. The summed E-state index contributed by atoms with van der Waals surface area (Å²) >= 11 is 3.14. The number of hydrogen-bond acceptors (Lipinski definition) is 5. The van der Waals surface area contributed by atoms with E-state index in [0.29, 0.717) is 22.6 Å². The van der Waals surface area contributed by atoms with Crippen LogP contribution in [0.1, 0.15) is 21.6 Å². The van der Waals surface area contributed by atoms with Gasteiger partial charge in [-0.1, -0.05) is 30.3 Å². The number of nitrogens with zero attached hydrogens (tertiary/aromatic N) is 1. The summed E-state index contributed by atoms with van der Waals surface area (Å²) in [6.45, 7) is 1.96. The van der Waals surface area contributed by atoms with E-state index >= 15 is 0 Å². The molecule has 2 amide bonds. The quantitative estimate of drug-likeness (QED) is 0.415. The Morgan fingerprint density at radius 3 is 2.63 bits per heavy atom. The number of para-hydroxylation sites is 1. The molecule has 0 saturated heterocycles. The third kappa shape index (κ3) is 4.82. The van der Waals surface area contributed by atoms with Crippen LogP contribution in [0.2, 0.25) is 0 Å². The Bertz CT molecular complexity index is 1180. The molecule has 2 aromatic carbocycles. The first-order valence-electron chi connectivity index (χ1n) is 9.33. The molecule has 0 atom stereocenters. The lowest BCUT2D eigenvalue weighted by Crippen LogP contribution is -2.19. The van der Waals surface area contributed by atoms with Gasteiger partial charge < -0.3 is 10.6 Å². The lowest BCUT2D eigenvalue weighted by Gasteiger charge is -2.11. The standard InChI is InChI=1S/C23H19N3O2S2/c1-15-6-4-7-16(12-15)24-22(28)18-8-2-3-9-19(18)26-21(27)13-17-14-30-23(25-17)20-10-5-11-29-20/h2-12,14H,13H2,1H3,(H,24,28)(H,26,27). The first-order valence-corrected chi connectivity index (χ1v) is 11.1. The Morgan fingerprint density at radius 1 is 0.967 bits per heavy atom. The smallest absolute Gasteiger partial charge is 0.257 e. The molecule has 0 spiro atoms. The maximum atomic E-state index is 12.7. The van der Waals surface area contributed by atoms with Crippen LogP contribution in [0.25, 0.3) is 9.88 Å². The maximum absolute atomic E-state index is 12.7. The van der Waals surface area contributed by atoms with Gasteiger partial charge in [0, 0.05) is 11.1 Å². The van der Waals surface area contributed by atoms with E-state index in [9.17, 15) is 9.59 Å². The summed E-state index contributed by atoms with van der Waals surface area (Å²) in [5.74, 6) is -0.487. The number of thiophene rings is 1. The van der Waals surface area contributed by atoms with Crippen LogP contribution in [0.4, 0.5) is 11.4 Å². The van der Waals surface area contributed by atoms with Crippen LogP contribution in [0.3, 0.4) is 0 Å². The second-order valence-corrected chi connectivity index (χ2v) is 8.52. The zero-order chi connectivity index (χ0) is 20.9. The lowest BCUT2D eigenvalue weighted by molar-refractivity contribution is -0.115. The highest BCUT2D eigenvalue weighted by atomic mass is 32.1. The van der Waals surface area contributed by atoms with E-state index in [0.717, 1.165) is 15.4 Å². The summed E-state index contributed by atoms with van der Waals surface area (Å²) in [6.07, 6.45) is 0.149. The number of anilines is 2. The van der Waals surface area contributed by atoms with Crippen LogP contribution < -0.4 is 10.6 Å². The molecule has 0 aliphatic carbocycles. The molecular formula is C23H19N3O2S2. The number of amides is 2. The highest BCUT2D eigenvalue weighted by molar-refractivity contribution is 7.20. The van der Waals surface area contributed by atoms with E-state index in [1.165, 1.54) is 11.3 Å². The summed E-state index contributed by atoms with van der Waals surface area (Å²) in [5.41, 5.74) is 3.36. The normalized spacial score (nSPS) is 10.6. The Labute approximate surface area is 182 Å². The van der Waals surface area contributed by atoms with Crippen molar-refractivity contribution in [3.8, 4) is 9.88 Å². The largest absolute Gasteiger partial charge is 0.325 e. The predicted molar refractivity (Wildman–Crippen MR) is 123 cm³/mol. The van der Waals surface area contributed by atoms with Crippen molar-refractivity contribution in [2.45, 2.75) is 13.3 Å². The maximum Gasteiger partial charge on any atom is 0.257 e. The van der Waals surface area contributed by atoms with Crippen LogP contribution >= 0.6 is 22.7 Å². The molecule has 0 aliphatic rings. The predicted octanol–water partition coefficient (Wildman–Crippen LogP) is 5.61. The zero-order valence-electron chi connectivity index (χ0n) is 16.2. The van der Waals surface area contributed by atoms with Crippen molar-refractivity contribution in [3.63, 3.8) is 0 Å². The molecule has 30 heavy (non-hydrogen) atoms. The minimum absolute atomic E-state index is 0.149. The third-order valence-corrected chi connectivity index (χ3v) is 6.28. The van der Waals surface area contributed by atoms with Crippen LogP contribution in [-0.4, -0.2) is 16.8 Å². The number of aromatic nitrogens is 1. The van der Waals surface area contributed by atoms with E-state index in [-0.39, 0.29) is 18.2 Å². The Kier molecular flexibility index (Phi) is 6.02. The van der Waals surface area contributed by atoms with Gasteiger partial charge in [-0.2, -0.15) is 0 Å². The molecule has 0 aliphatic heterocycles. The van der Waals surface area contributed by atoms with E-state index in [4.69, 9.17) is 0 Å². The summed E-state index contributed by atoms with van der Waals surface area (Å²) in [6, 6.07) is 18.5. The average Bonchev–Trinajstić information content (AvgIpc) is 3.40. The molecule has 150 valence electrons. The minimum atomic E-state index is -0.273. The van der Waals surface area contributed by atoms with Crippen molar-refractivity contribution in [2.75, 3.05) is 10.6 Å². The number of rotatable bonds is 6. The van der Waals surface area contributed by atoms with E-state index < -0.39 is 0 Å². The van der Waals surface area contributed by atoms with Crippen molar-refractivity contribution in [1.82, 2.24) is 4.98 Å². The van der Waals surface area contributed by atoms with Crippen molar-refractivity contribution < 1.29 is 9.59 Å². The molecule has 0 fully saturated rings. The molecule has 4 rings (SSSR count). The van der Waals surface area contributed by atoms with Crippen molar-refractivity contribution in [1.29, 1.82) is 0 Å². The van der Waals surface area contributed by atoms with Crippen LogP contribution in [-0.2, 0) is 11.2 Å². The first kappa shape index (κ1) is 20.0. The highest BCUT2D eigenvalue weighted by Gasteiger charge is 2.15. The van der Waals surface area contributed by atoms with Gasteiger partial charge in [-0.25, -0.2) is 4.98 Å². The average molecular weight is 434 g/mol. The molecule has 5 nitrogen and oxygen atoms in total. The molecule has 2 heterocycles. The molecule has 0 unspecified atom stereocenters. The zero-order valence-corrected chi connectivity index (χ0v) is 17.8. The fourth-order valence-corrected chi connectivity index (χ4v) is 4.61. The molecular weight excluding hydrogens is 414 g/mol. The van der Waals surface area contributed by atoms with Gasteiger partial charge in [0.2, 0.25) is 5.91 Å². The van der Waals surface area contributed by atoms with Gasteiger partial charge in [-0.15, -0.1) is 22.7 Å². The number of benzene rings is 2. The second kappa shape index (κ2) is 9.02.